The molecule has 9 heteroatoms. The van der Waals surface area contributed by atoms with Gasteiger partial charge in [0.25, 0.3) is 0 Å². The highest BCUT2D eigenvalue weighted by molar-refractivity contribution is 7.53. The van der Waals surface area contributed by atoms with E-state index in [1.165, 1.54) is 0 Å². The first-order valence-electron chi connectivity index (χ1n) is 13.4. The minimum Gasteiger partial charge on any atom is -0.408 e. The van der Waals surface area contributed by atoms with E-state index >= 15 is 0 Å². The van der Waals surface area contributed by atoms with Crippen molar-refractivity contribution in [1.29, 1.82) is 0 Å². The summed E-state index contributed by atoms with van der Waals surface area (Å²) in [5.74, 6) is -0.748. The van der Waals surface area contributed by atoms with Crippen molar-refractivity contribution in [1.82, 2.24) is 0 Å². The first-order chi connectivity index (χ1) is 17.8. The highest BCUT2D eigenvalue weighted by atomic mass is 31.2. The molecule has 38 heavy (non-hydrogen) atoms. The first-order valence-corrected chi connectivity index (χ1v) is 18.1. The van der Waals surface area contributed by atoms with Gasteiger partial charge in [-0.05, 0) is 49.5 Å². The molecule has 210 valence electrons. The van der Waals surface area contributed by atoms with Crippen molar-refractivity contribution >= 4 is 15.9 Å². The van der Waals surface area contributed by atoms with Crippen LogP contribution < -0.4 is 0 Å². The van der Waals surface area contributed by atoms with E-state index in [1.54, 1.807) is 0 Å². The number of benzene rings is 2. The molecule has 2 heterocycles. The molecular formula is C29H43O7PSi. The molecule has 4 rings (SSSR count). The number of hydrogen-bond donors (Lipinski definition) is 0. The molecule has 0 spiro atoms. The van der Waals surface area contributed by atoms with E-state index in [-0.39, 0.29) is 42.7 Å². The van der Waals surface area contributed by atoms with Crippen LogP contribution in [0.5, 0.6) is 0 Å². The summed E-state index contributed by atoms with van der Waals surface area (Å²) in [6, 6.07) is 19.4. The average molecular weight is 563 g/mol. The van der Waals surface area contributed by atoms with Gasteiger partial charge in [0, 0.05) is 0 Å². The van der Waals surface area contributed by atoms with Gasteiger partial charge in [0.2, 0.25) is 0 Å². The molecule has 0 bridgehead atoms. The van der Waals surface area contributed by atoms with Crippen molar-refractivity contribution in [3.8, 4) is 0 Å². The predicted molar refractivity (Wildman–Crippen MR) is 150 cm³/mol. The third-order valence-electron chi connectivity index (χ3n) is 7.55. The van der Waals surface area contributed by atoms with Gasteiger partial charge in [0.15, 0.2) is 20.4 Å². The van der Waals surface area contributed by atoms with Gasteiger partial charge in [0.05, 0.1) is 25.5 Å². The summed E-state index contributed by atoms with van der Waals surface area (Å²) in [4.78, 5) is 0. The van der Waals surface area contributed by atoms with Gasteiger partial charge in [-0.15, -0.1) is 0 Å². The van der Waals surface area contributed by atoms with Gasteiger partial charge in [-0.1, -0.05) is 81.4 Å². The first kappa shape index (κ1) is 29.6. The Kier molecular flexibility index (Phi) is 9.07. The van der Waals surface area contributed by atoms with E-state index in [0.717, 1.165) is 11.1 Å². The quantitative estimate of drug-likeness (QED) is 0.211. The van der Waals surface area contributed by atoms with Crippen molar-refractivity contribution < 1.29 is 32.2 Å². The minimum absolute atomic E-state index is 0.0114. The summed E-state index contributed by atoms with van der Waals surface area (Å²) in [7, 11) is -5.63. The second-order valence-corrected chi connectivity index (χ2v) is 19.1. The van der Waals surface area contributed by atoms with Crippen molar-refractivity contribution in [2.75, 3.05) is 6.16 Å². The Labute approximate surface area is 228 Å². The van der Waals surface area contributed by atoms with E-state index in [2.05, 4.69) is 33.9 Å². The number of fused-ring (bicyclic) bond motifs is 1. The minimum atomic E-state index is -3.47. The van der Waals surface area contributed by atoms with E-state index in [9.17, 15) is 4.57 Å². The second-order valence-electron chi connectivity index (χ2n) is 12.1. The fourth-order valence-corrected chi connectivity index (χ4v) is 7.30. The van der Waals surface area contributed by atoms with E-state index in [0.29, 0.717) is 6.42 Å². The smallest absolute Gasteiger partial charge is 0.331 e. The third kappa shape index (κ3) is 7.43. The maximum atomic E-state index is 14.0. The molecular weight excluding hydrogens is 519 g/mol. The fraction of sp³-hybridized carbons (Fsp3) is 0.586. The Bertz CT molecular complexity index is 1040. The molecule has 2 aliphatic heterocycles. The molecule has 2 fully saturated rings. The van der Waals surface area contributed by atoms with Crippen LogP contribution in [0.4, 0.5) is 0 Å². The van der Waals surface area contributed by atoms with Crippen LogP contribution in [0.1, 0.15) is 52.2 Å². The van der Waals surface area contributed by atoms with Crippen LogP contribution in [0.15, 0.2) is 60.7 Å². The summed E-state index contributed by atoms with van der Waals surface area (Å²) in [5.41, 5.74) is 1.87. The zero-order valence-corrected chi connectivity index (χ0v) is 25.6. The molecule has 0 aliphatic carbocycles. The van der Waals surface area contributed by atoms with Gasteiger partial charge in [-0.3, -0.25) is 4.57 Å². The van der Waals surface area contributed by atoms with E-state index in [4.69, 9.17) is 27.7 Å². The largest absolute Gasteiger partial charge is 0.408 e. The summed E-state index contributed by atoms with van der Waals surface area (Å²) in [5, 5.41) is 0.0114. The molecule has 2 aromatic rings. The Balaban J connectivity index is 1.49. The predicted octanol–water partition coefficient (Wildman–Crippen LogP) is 7.27. The standard InChI is InChI=1S/C29H43O7PSi/c1-28(2,3)38(6,7)36-25-24(33-27-26(25)34-29(4,5)35-27)18-19-37(30,31-20-22-14-10-8-11-15-22)32-21-23-16-12-9-13-17-23/h8-17,24-27H,18-21H2,1-7H3/t24-,25-,26-,27-/m1/s1. The van der Waals surface area contributed by atoms with E-state index in [1.807, 2.05) is 74.5 Å². The molecule has 2 saturated heterocycles. The van der Waals surface area contributed by atoms with Crippen molar-refractivity contribution in [3.05, 3.63) is 71.8 Å². The van der Waals surface area contributed by atoms with Gasteiger partial charge in [0.1, 0.15) is 12.2 Å². The molecule has 0 aromatic heterocycles. The Morgan fingerprint density at radius 3 is 1.92 bits per heavy atom. The average Bonchev–Trinajstić information content (AvgIpc) is 3.32. The zero-order valence-electron chi connectivity index (χ0n) is 23.7. The Morgan fingerprint density at radius 1 is 0.895 bits per heavy atom. The van der Waals surface area contributed by atoms with Gasteiger partial charge >= 0.3 is 7.60 Å². The Morgan fingerprint density at radius 2 is 1.42 bits per heavy atom. The van der Waals surface area contributed by atoms with Crippen LogP contribution >= 0.6 is 7.60 Å². The molecule has 0 saturated carbocycles. The molecule has 0 unspecified atom stereocenters. The molecule has 0 radical (unpaired) electrons. The van der Waals surface area contributed by atoms with Crippen LogP contribution in [0, 0.1) is 0 Å². The fourth-order valence-electron chi connectivity index (χ4n) is 4.38. The maximum Gasteiger partial charge on any atom is 0.331 e. The van der Waals surface area contributed by atoms with Crippen LogP contribution in [-0.2, 0) is 45.5 Å². The Hall–Kier alpha value is -1.35. The monoisotopic (exact) mass is 562 g/mol. The number of hydrogen-bond acceptors (Lipinski definition) is 7. The molecule has 4 atom stereocenters. The van der Waals surface area contributed by atoms with Crippen LogP contribution in [0.3, 0.4) is 0 Å². The normalized spacial score (nSPS) is 25.4. The van der Waals surface area contributed by atoms with Crippen molar-refractivity contribution in [2.24, 2.45) is 0 Å². The van der Waals surface area contributed by atoms with Gasteiger partial charge in [-0.2, -0.15) is 0 Å². The maximum absolute atomic E-state index is 14.0. The SMILES string of the molecule is CC1(C)O[C@H]2O[C@H](CCP(=O)(OCc3ccccc3)OCc3ccccc3)[C@@H](O[Si](C)(C)C(C)(C)C)[C@H]2O1. The zero-order chi connectivity index (χ0) is 27.6. The summed E-state index contributed by atoms with van der Waals surface area (Å²) < 4.78 is 51.5. The van der Waals surface area contributed by atoms with Crippen molar-refractivity contribution in [2.45, 2.75) is 103 Å². The highest BCUT2D eigenvalue weighted by Crippen LogP contribution is 2.52. The lowest BCUT2D eigenvalue weighted by Crippen LogP contribution is -2.49. The number of rotatable bonds is 11. The summed E-state index contributed by atoms with van der Waals surface area (Å²) in [6.07, 6.45) is -0.945. The van der Waals surface area contributed by atoms with Crippen LogP contribution in [-0.4, -0.2) is 44.9 Å². The summed E-state index contributed by atoms with van der Waals surface area (Å²) in [6.45, 7) is 15.2. The van der Waals surface area contributed by atoms with Crippen molar-refractivity contribution in [3.63, 3.8) is 0 Å². The van der Waals surface area contributed by atoms with Gasteiger partial charge in [-0.25, -0.2) is 0 Å². The van der Waals surface area contributed by atoms with E-state index < -0.39 is 28.0 Å². The molecule has 2 aromatic carbocycles. The molecule has 2 aliphatic rings. The van der Waals surface area contributed by atoms with Crippen LogP contribution in [0.25, 0.3) is 0 Å². The third-order valence-corrected chi connectivity index (χ3v) is 13.9. The van der Waals surface area contributed by atoms with Crippen LogP contribution in [0.2, 0.25) is 18.1 Å². The number of ether oxygens (including phenoxy) is 3. The van der Waals surface area contributed by atoms with Gasteiger partial charge < -0.3 is 27.7 Å². The highest BCUT2D eigenvalue weighted by Gasteiger charge is 2.57. The molecule has 7 nitrogen and oxygen atoms in total. The lowest BCUT2D eigenvalue weighted by atomic mass is 10.1. The molecule has 0 N–H and O–H groups in total. The molecule has 0 amide bonds. The second kappa shape index (κ2) is 11.6. The summed E-state index contributed by atoms with van der Waals surface area (Å²) >= 11 is 0. The lowest BCUT2D eigenvalue weighted by molar-refractivity contribution is -0.213. The lowest BCUT2D eigenvalue weighted by Gasteiger charge is -2.40. The topological polar surface area (TPSA) is 72.5 Å².